The highest BCUT2D eigenvalue weighted by molar-refractivity contribution is 7.86. The highest BCUT2D eigenvalue weighted by atomic mass is 32.2. The number of carbonyl (C=O) groups excluding carboxylic acids is 1. The monoisotopic (exact) mass is 259 g/mol. The maximum atomic E-state index is 13.4. The molecule has 0 bridgehead atoms. The molecule has 0 saturated heterocycles. The highest BCUT2D eigenvalue weighted by Gasteiger charge is 2.22. The summed E-state index contributed by atoms with van der Waals surface area (Å²) < 4.78 is 25.1. The number of carboxylic acids is 1. The van der Waals surface area contributed by atoms with Crippen LogP contribution in [0.3, 0.4) is 0 Å². The zero-order valence-electron chi connectivity index (χ0n) is 8.84. The van der Waals surface area contributed by atoms with Gasteiger partial charge in [-0.05, 0) is 25.1 Å². The molecule has 0 aliphatic rings. The molecule has 3 N–H and O–H groups in total. The summed E-state index contributed by atoms with van der Waals surface area (Å²) in [7, 11) is -2.01. The van der Waals surface area contributed by atoms with Crippen LogP contribution in [0.4, 0.5) is 4.39 Å². The third-order valence-electron chi connectivity index (χ3n) is 2.12. The van der Waals surface area contributed by atoms with Gasteiger partial charge in [0.2, 0.25) is 5.91 Å². The van der Waals surface area contributed by atoms with Gasteiger partial charge in [-0.2, -0.15) is 0 Å². The van der Waals surface area contributed by atoms with Crippen LogP contribution < -0.4 is 5.73 Å². The Bertz CT molecular complexity index is 503. The summed E-state index contributed by atoms with van der Waals surface area (Å²) in [5.74, 6) is -2.94. The molecule has 5 nitrogen and oxygen atoms in total. The molecule has 0 aliphatic carbocycles. The van der Waals surface area contributed by atoms with E-state index in [1.807, 2.05) is 0 Å². The third-order valence-corrected chi connectivity index (χ3v) is 3.74. The van der Waals surface area contributed by atoms with Gasteiger partial charge in [-0.3, -0.25) is 9.00 Å². The average Bonchev–Trinajstić information content (AvgIpc) is 2.27. The summed E-state index contributed by atoms with van der Waals surface area (Å²) in [5, 5.41) is 7.63. The first kappa shape index (κ1) is 13.3. The predicted molar refractivity (Wildman–Crippen MR) is 58.4 cm³/mol. The zero-order chi connectivity index (χ0) is 13.2. The van der Waals surface area contributed by atoms with Gasteiger partial charge in [0.15, 0.2) is 0 Å². The van der Waals surface area contributed by atoms with Gasteiger partial charge in [0.1, 0.15) is 11.1 Å². The van der Waals surface area contributed by atoms with E-state index < -0.39 is 33.7 Å². The van der Waals surface area contributed by atoms with Gasteiger partial charge in [-0.25, -0.2) is 9.18 Å². The Kier molecular flexibility index (Phi) is 3.95. The number of hydrogen-bond donors (Lipinski definition) is 2. The van der Waals surface area contributed by atoms with E-state index in [-0.39, 0.29) is 10.5 Å². The number of primary amides is 1. The van der Waals surface area contributed by atoms with Crippen LogP contribution in [0.25, 0.3) is 0 Å². The number of hydrogen-bond acceptors (Lipinski definition) is 3. The smallest absolute Gasteiger partial charge is 0.335 e. The van der Waals surface area contributed by atoms with Crippen molar-refractivity contribution in [2.75, 3.05) is 0 Å². The Morgan fingerprint density at radius 1 is 1.47 bits per heavy atom. The van der Waals surface area contributed by atoms with Gasteiger partial charge >= 0.3 is 5.97 Å². The molecule has 0 spiro atoms. The molecule has 1 rings (SSSR count). The number of nitrogens with two attached hydrogens (primary N) is 1. The lowest BCUT2D eigenvalue weighted by Gasteiger charge is -2.09. The van der Waals surface area contributed by atoms with Crippen molar-refractivity contribution in [2.45, 2.75) is 17.1 Å². The van der Waals surface area contributed by atoms with E-state index >= 15 is 0 Å². The first-order chi connectivity index (χ1) is 7.84. The SMILES string of the molecule is CC(C(N)=O)S(=O)c1cc(C(=O)O)ccc1F. The van der Waals surface area contributed by atoms with Gasteiger partial charge < -0.3 is 10.8 Å². The second-order valence-corrected chi connectivity index (χ2v) is 5.03. The molecule has 1 aromatic rings. The van der Waals surface area contributed by atoms with Gasteiger partial charge in [-0.15, -0.1) is 0 Å². The van der Waals surface area contributed by atoms with Crippen molar-refractivity contribution in [1.82, 2.24) is 0 Å². The number of carboxylic acid groups (broad SMARTS) is 1. The van der Waals surface area contributed by atoms with Crippen LogP contribution in [0.5, 0.6) is 0 Å². The lowest BCUT2D eigenvalue weighted by Crippen LogP contribution is -2.30. The molecule has 0 aromatic heterocycles. The van der Waals surface area contributed by atoms with E-state index in [0.29, 0.717) is 0 Å². The molecule has 0 heterocycles. The van der Waals surface area contributed by atoms with Crippen LogP contribution in [0, 0.1) is 5.82 Å². The topological polar surface area (TPSA) is 97.5 Å². The normalized spacial score (nSPS) is 14.0. The average molecular weight is 259 g/mol. The number of aromatic carboxylic acids is 1. The molecule has 0 fully saturated rings. The minimum absolute atomic E-state index is 0.202. The fourth-order valence-corrected chi connectivity index (χ4v) is 2.18. The predicted octanol–water partition coefficient (Wildman–Crippen LogP) is 0.505. The first-order valence-corrected chi connectivity index (χ1v) is 5.78. The number of benzene rings is 1. The molecule has 0 saturated carbocycles. The fraction of sp³-hybridized carbons (Fsp3) is 0.200. The second kappa shape index (κ2) is 5.05. The standard InChI is InChI=1S/C10H10FNO4S/c1-5(9(12)13)17(16)8-4-6(10(14)15)2-3-7(8)11/h2-5H,1H3,(H2,12,13)(H,14,15). The van der Waals surface area contributed by atoms with Crippen molar-refractivity contribution < 1.29 is 23.3 Å². The molecule has 92 valence electrons. The molecule has 0 aliphatic heterocycles. The van der Waals surface area contributed by atoms with Crippen molar-refractivity contribution in [2.24, 2.45) is 5.73 Å². The molecular formula is C10H10FNO4S. The Morgan fingerprint density at radius 2 is 2.06 bits per heavy atom. The summed E-state index contributed by atoms with van der Waals surface area (Å²) in [4.78, 5) is 21.2. The number of carbonyl (C=O) groups is 2. The maximum Gasteiger partial charge on any atom is 0.335 e. The molecule has 1 aromatic carbocycles. The van der Waals surface area contributed by atoms with Crippen LogP contribution in [-0.4, -0.2) is 26.4 Å². The van der Waals surface area contributed by atoms with Crippen molar-refractivity contribution in [3.05, 3.63) is 29.6 Å². The van der Waals surface area contributed by atoms with Crippen molar-refractivity contribution in [1.29, 1.82) is 0 Å². The lowest BCUT2D eigenvalue weighted by atomic mass is 10.2. The van der Waals surface area contributed by atoms with E-state index in [9.17, 15) is 18.2 Å². The van der Waals surface area contributed by atoms with E-state index in [2.05, 4.69) is 0 Å². The molecule has 7 heteroatoms. The summed E-state index contributed by atoms with van der Waals surface area (Å²) in [6.07, 6.45) is 0. The minimum Gasteiger partial charge on any atom is -0.478 e. The molecule has 2 atom stereocenters. The number of halogens is 1. The summed E-state index contributed by atoms with van der Waals surface area (Å²) >= 11 is 0. The molecule has 1 amide bonds. The largest absolute Gasteiger partial charge is 0.478 e. The van der Waals surface area contributed by atoms with E-state index in [0.717, 1.165) is 18.2 Å². The van der Waals surface area contributed by atoms with Gasteiger partial charge in [0, 0.05) is 0 Å². The molecular weight excluding hydrogens is 249 g/mol. The Balaban J connectivity index is 3.21. The lowest BCUT2D eigenvalue weighted by molar-refractivity contribution is -0.117. The zero-order valence-corrected chi connectivity index (χ0v) is 9.66. The quantitative estimate of drug-likeness (QED) is 0.823. The molecule has 17 heavy (non-hydrogen) atoms. The van der Waals surface area contributed by atoms with Gasteiger partial charge in [0.25, 0.3) is 0 Å². The minimum atomic E-state index is -2.01. The molecule has 2 unspecified atom stereocenters. The van der Waals surface area contributed by atoms with Crippen LogP contribution in [0.1, 0.15) is 17.3 Å². The van der Waals surface area contributed by atoms with Crippen LogP contribution in [0.2, 0.25) is 0 Å². The summed E-state index contributed by atoms with van der Waals surface area (Å²) in [6.45, 7) is 1.28. The van der Waals surface area contributed by atoms with Crippen LogP contribution in [0.15, 0.2) is 23.1 Å². The Labute approximate surface area is 98.9 Å². The van der Waals surface area contributed by atoms with Crippen molar-refractivity contribution in [3.8, 4) is 0 Å². The number of rotatable bonds is 4. The molecule has 0 radical (unpaired) electrons. The fourth-order valence-electron chi connectivity index (χ4n) is 1.09. The van der Waals surface area contributed by atoms with Crippen LogP contribution in [-0.2, 0) is 15.6 Å². The van der Waals surface area contributed by atoms with E-state index in [4.69, 9.17) is 10.8 Å². The summed E-state index contributed by atoms with van der Waals surface area (Å²) in [5.41, 5.74) is 4.75. The first-order valence-electron chi connectivity index (χ1n) is 4.57. The van der Waals surface area contributed by atoms with Crippen LogP contribution >= 0.6 is 0 Å². The maximum absolute atomic E-state index is 13.4. The summed E-state index contributed by atoms with van der Waals surface area (Å²) in [6, 6.07) is 2.88. The highest BCUT2D eigenvalue weighted by Crippen LogP contribution is 2.17. The van der Waals surface area contributed by atoms with E-state index in [1.165, 1.54) is 6.92 Å². The second-order valence-electron chi connectivity index (χ2n) is 3.29. The Hall–Kier alpha value is -1.76. The van der Waals surface area contributed by atoms with Gasteiger partial charge in [0.05, 0.1) is 21.3 Å². The van der Waals surface area contributed by atoms with E-state index in [1.54, 1.807) is 0 Å². The number of amides is 1. The van der Waals surface area contributed by atoms with Crippen molar-refractivity contribution in [3.63, 3.8) is 0 Å². The van der Waals surface area contributed by atoms with Crippen molar-refractivity contribution >= 4 is 22.7 Å². The Morgan fingerprint density at radius 3 is 2.53 bits per heavy atom. The van der Waals surface area contributed by atoms with Gasteiger partial charge in [-0.1, -0.05) is 0 Å². The third kappa shape index (κ3) is 2.88.